The second-order valence-electron chi connectivity index (χ2n) is 6.09. The van der Waals surface area contributed by atoms with Gasteiger partial charge in [-0.05, 0) is 24.7 Å². The van der Waals surface area contributed by atoms with Gasteiger partial charge in [-0.1, -0.05) is 27.7 Å². The highest BCUT2D eigenvalue weighted by molar-refractivity contribution is 5.26. The molecular formula is C14H23N3. The molecule has 3 heteroatoms. The van der Waals surface area contributed by atoms with E-state index in [1.807, 2.05) is 6.20 Å². The number of hydrogen-bond donors (Lipinski definition) is 1. The Morgan fingerprint density at radius 2 is 2.24 bits per heavy atom. The van der Waals surface area contributed by atoms with Gasteiger partial charge in [-0.25, -0.2) is 9.97 Å². The van der Waals surface area contributed by atoms with Crippen LogP contribution in [0.5, 0.6) is 0 Å². The summed E-state index contributed by atoms with van der Waals surface area (Å²) in [5, 5.41) is 0. The van der Waals surface area contributed by atoms with Crippen molar-refractivity contribution in [3.8, 4) is 0 Å². The minimum absolute atomic E-state index is 0.0970. The first kappa shape index (κ1) is 12.5. The maximum Gasteiger partial charge on any atom is 0.131 e. The van der Waals surface area contributed by atoms with Gasteiger partial charge in [-0.3, -0.25) is 0 Å². The highest BCUT2D eigenvalue weighted by atomic mass is 14.9. The number of aromatic nitrogens is 2. The molecule has 2 unspecified atom stereocenters. The van der Waals surface area contributed by atoms with Gasteiger partial charge in [-0.2, -0.15) is 0 Å². The van der Waals surface area contributed by atoms with Crippen LogP contribution in [0.15, 0.2) is 6.20 Å². The molecule has 0 saturated heterocycles. The highest BCUT2D eigenvalue weighted by Gasteiger charge is 2.31. The van der Waals surface area contributed by atoms with E-state index in [4.69, 9.17) is 10.7 Å². The molecule has 0 spiro atoms. The molecule has 1 aliphatic rings. The molecule has 0 radical (unpaired) electrons. The summed E-state index contributed by atoms with van der Waals surface area (Å²) in [6.45, 7) is 8.88. The van der Waals surface area contributed by atoms with E-state index in [1.165, 1.54) is 5.69 Å². The number of rotatable bonds is 2. The van der Waals surface area contributed by atoms with Crippen LogP contribution in [0.3, 0.4) is 0 Å². The largest absolute Gasteiger partial charge is 0.324 e. The lowest BCUT2D eigenvalue weighted by Gasteiger charge is -2.34. The predicted molar refractivity (Wildman–Crippen MR) is 69.8 cm³/mol. The summed E-state index contributed by atoms with van der Waals surface area (Å²) in [6.07, 6.45) is 5.06. The standard InChI is InChI=1S/C14H23N3/c1-5-9(2)13-16-8-10-11(15)6-14(3,4)7-12(10)17-13/h8-9,11H,5-7,15H2,1-4H3. The number of nitrogens with two attached hydrogens (primary N) is 1. The second-order valence-corrected chi connectivity index (χ2v) is 6.09. The number of hydrogen-bond acceptors (Lipinski definition) is 3. The van der Waals surface area contributed by atoms with Crippen molar-refractivity contribution in [3.05, 3.63) is 23.3 Å². The van der Waals surface area contributed by atoms with Crippen LogP contribution in [0.25, 0.3) is 0 Å². The molecule has 0 bridgehead atoms. The third kappa shape index (κ3) is 2.49. The Bertz CT molecular complexity index is 412. The summed E-state index contributed by atoms with van der Waals surface area (Å²) in [4.78, 5) is 9.21. The van der Waals surface area contributed by atoms with E-state index in [-0.39, 0.29) is 11.5 Å². The number of fused-ring (bicyclic) bond motifs is 1. The molecule has 1 aromatic heterocycles. The van der Waals surface area contributed by atoms with Gasteiger partial charge in [0.15, 0.2) is 0 Å². The van der Waals surface area contributed by atoms with Crippen molar-refractivity contribution in [1.29, 1.82) is 0 Å². The molecule has 0 aliphatic heterocycles. The van der Waals surface area contributed by atoms with Crippen molar-refractivity contribution < 1.29 is 0 Å². The topological polar surface area (TPSA) is 51.8 Å². The molecule has 1 aromatic rings. The van der Waals surface area contributed by atoms with Crippen LogP contribution < -0.4 is 5.73 Å². The van der Waals surface area contributed by atoms with E-state index in [1.54, 1.807) is 0 Å². The first-order chi connectivity index (χ1) is 7.93. The van der Waals surface area contributed by atoms with Crippen molar-refractivity contribution in [1.82, 2.24) is 9.97 Å². The third-order valence-electron chi connectivity index (χ3n) is 3.79. The van der Waals surface area contributed by atoms with Gasteiger partial charge in [0.2, 0.25) is 0 Å². The minimum atomic E-state index is 0.0970. The zero-order valence-electron chi connectivity index (χ0n) is 11.3. The maximum atomic E-state index is 6.20. The molecule has 2 rings (SSSR count). The van der Waals surface area contributed by atoms with Crippen LogP contribution in [-0.4, -0.2) is 9.97 Å². The van der Waals surface area contributed by atoms with Gasteiger partial charge in [0.1, 0.15) is 5.82 Å². The first-order valence-electron chi connectivity index (χ1n) is 6.54. The van der Waals surface area contributed by atoms with E-state index in [2.05, 4.69) is 32.7 Å². The summed E-state index contributed by atoms with van der Waals surface area (Å²) in [5.41, 5.74) is 8.77. The maximum absolute atomic E-state index is 6.20. The lowest BCUT2D eigenvalue weighted by Crippen LogP contribution is -2.31. The van der Waals surface area contributed by atoms with Gasteiger partial charge in [0, 0.05) is 29.4 Å². The monoisotopic (exact) mass is 233 g/mol. The Labute approximate surface area is 104 Å². The molecule has 0 amide bonds. The molecule has 94 valence electrons. The van der Waals surface area contributed by atoms with Crippen molar-refractivity contribution in [3.63, 3.8) is 0 Å². The molecule has 0 fully saturated rings. The van der Waals surface area contributed by atoms with Crippen molar-refractivity contribution in [2.24, 2.45) is 11.1 Å². The molecule has 17 heavy (non-hydrogen) atoms. The quantitative estimate of drug-likeness (QED) is 0.854. The Hall–Kier alpha value is -0.960. The molecule has 1 aliphatic carbocycles. The molecule has 3 nitrogen and oxygen atoms in total. The van der Waals surface area contributed by atoms with E-state index < -0.39 is 0 Å². The average Bonchev–Trinajstić information content (AvgIpc) is 2.25. The van der Waals surface area contributed by atoms with Crippen LogP contribution in [0.2, 0.25) is 0 Å². The van der Waals surface area contributed by atoms with E-state index in [0.717, 1.165) is 30.7 Å². The van der Waals surface area contributed by atoms with Crippen LogP contribution in [0, 0.1) is 5.41 Å². The van der Waals surface area contributed by atoms with E-state index in [9.17, 15) is 0 Å². The molecule has 1 heterocycles. The SMILES string of the molecule is CCC(C)c1ncc2c(n1)CC(C)(C)CC2N. The van der Waals surface area contributed by atoms with Crippen LogP contribution in [0.1, 0.15) is 69.6 Å². The fraction of sp³-hybridized carbons (Fsp3) is 0.714. The Morgan fingerprint density at radius 3 is 2.88 bits per heavy atom. The average molecular weight is 233 g/mol. The summed E-state index contributed by atoms with van der Waals surface area (Å²) in [7, 11) is 0. The molecule has 2 N–H and O–H groups in total. The van der Waals surface area contributed by atoms with Crippen molar-refractivity contribution >= 4 is 0 Å². The third-order valence-corrected chi connectivity index (χ3v) is 3.79. The Kier molecular flexibility index (Phi) is 3.21. The van der Waals surface area contributed by atoms with Crippen molar-refractivity contribution in [2.75, 3.05) is 0 Å². The summed E-state index contributed by atoms with van der Waals surface area (Å²) >= 11 is 0. The van der Waals surface area contributed by atoms with Crippen molar-refractivity contribution in [2.45, 2.75) is 58.9 Å². The summed E-state index contributed by atoms with van der Waals surface area (Å²) < 4.78 is 0. The smallest absolute Gasteiger partial charge is 0.131 e. The minimum Gasteiger partial charge on any atom is -0.324 e. The molecule has 2 atom stereocenters. The summed E-state index contributed by atoms with van der Waals surface area (Å²) in [5.74, 6) is 1.40. The van der Waals surface area contributed by atoms with E-state index >= 15 is 0 Å². The fourth-order valence-electron chi connectivity index (χ4n) is 2.54. The number of nitrogens with zero attached hydrogens (tertiary/aromatic N) is 2. The zero-order valence-corrected chi connectivity index (χ0v) is 11.3. The first-order valence-corrected chi connectivity index (χ1v) is 6.54. The Morgan fingerprint density at radius 1 is 1.53 bits per heavy atom. The normalized spacial score (nSPS) is 24.2. The second kappa shape index (κ2) is 4.37. The predicted octanol–water partition coefficient (Wildman–Crippen LogP) is 2.96. The lowest BCUT2D eigenvalue weighted by atomic mass is 9.74. The van der Waals surface area contributed by atoms with Crippen LogP contribution in [-0.2, 0) is 6.42 Å². The lowest BCUT2D eigenvalue weighted by molar-refractivity contribution is 0.277. The zero-order chi connectivity index (χ0) is 12.6. The molecule has 0 aromatic carbocycles. The fourth-order valence-corrected chi connectivity index (χ4v) is 2.54. The molecular weight excluding hydrogens is 210 g/mol. The highest BCUT2D eigenvalue weighted by Crippen LogP contribution is 2.38. The van der Waals surface area contributed by atoms with Gasteiger partial charge < -0.3 is 5.73 Å². The van der Waals surface area contributed by atoms with Gasteiger partial charge >= 0.3 is 0 Å². The van der Waals surface area contributed by atoms with Gasteiger partial charge in [0.25, 0.3) is 0 Å². The van der Waals surface area contributed by atoms with Gasteiger partial charge in [-0.15, -0.1) is 0 Å². The Balaban J connectivity index is 2.38. The van der Waals surface area contributed by atoms with Crippen LogP contribution >= 0.6 is 0 Å². The van der Waals surface area contributed by atoms with E-state index in [0.29, 0.717) is 5.92 Å². The molecule has 0 saturated carbocycles. The van der Waals surface area contributed by atoms with Gasteiger partial charge in [0.05, 0.1) is 0 Å². The summed E-state index contributed by atoms with van der Waals surface area (Å²) in [6, 6.07) is 0.0970. The van der Waals surface area contributed by atoms with Crippen LogP contribution in [0.4, 0.5) is 0 Å².